The summed E-state index contributed by atoms with van der Waals surface area (Å²) in [5, 5.41) is 0.783. The van der Waals surface area contributed by atoms with Crippen LogP contribution in [0.3, 0.4) is 0 Å². The lowest BCUT2D eigenvalue weighted by molar-refractivity contribution is 0.0955. The Hall–Kier alpha value is -0.980. The highest BCUT2D eigenvalue weighted by atomic mass is 32.1. The largest absolute Gasteiger partial charge is 0.378 e. The number of nitrogens with one attached hydrogen (secondary N) is 1. The first-order chi connectivity index (χ1) is 7.40. The molecule has 1 rings (SSSR count). The van der Waals surface area contributed by atoms with Gasteiger partial charge in [0.1, 0.15) is 9.88 Å². The van der Waals surface area contributed by atoms with Gasteiger partial charge in [-0.25, -0.2) is 10.8 Å². The van der Waals surface area contributed by atoms with Crippen molar-refractivity contribution >= 4 is 17.2 Å². The van der Waals surface area contributed by atoms with E-state index >= 15 is 0 Å². The summed E-state index contributed by atoms with van der Waals surface area (Å²) in [5.41, 5.74) is 2.71. The Morgan fingerprint density at radius 1 is 1.56 bits per heavy atom. The number of nitrogens with two attached hydrogens (primary N) is 1. The maximum atomic E-state index is 11.6. The molecular weight excluding hydrogens is 226 g/mol. The van der Waals surface area contributed by atoms with Crippen molar-refractivity contribution < 1.29 is 9.53 Å². The Morgan fingerprint density at radius 2 is 2.19 bits per heavy atom. The molecule has 1 aromatic rings. The van der Waals surface area contributed by atoms with E-state index < -0.39 is 0 Å². The van der Waals surface area contributed by atoms with Crippen molar-refractivity contribution in [1.82, 2.24) is 10.4 Å². The third kappa shape index (κ3) is 2.78. The lowest BCUT2D eigenvalue weighted by Crippen LogP contribution is -2.31. The summed E-state index contributed by atoms with van der Waals surface area (Å²) in [5.74, 6) is 4.85. The van der Waals surface area contributed by atoms with Gasteiger partial charge in [0.25, 0.3) is 5.91 Å². The van der Waals surface area contributed by atoms with Crippen LogP contribution in [0.4, 0.5) is 0 Å². The fraction of sp³-hybridized carbons (Fsp3) is 0.600. The molecule has 3 N–H and O–H groups in total. The van der Waals surface area contributed by atoms with Crippen molar-refractivity contribution in [2.75, 3.05) is 7.11 Å². The molecule has 0 fully saturated rings. The number of aromatic nitrogens is 1. The molecule has 0 saturated heterocycles. The van der Waals surface area contributed by atoms with Gasteiger partial charge in [-0.05, 0) is 0 Å². The SMILES string of the molecule is COCc1nc(C(C)(C)C)c(C(=O)NN)s1. The van der Waals surface area contributed by atoms with Gasteiger partial charge in [-0.15, -0.1) is 11.3 Å². The summed E-state index contributed by atoms with van der Waals surface area (Å²) in [7, 11) is 1.60. The van der Waals surface area contributed by atoms with Crippen molar-refractivity contribution in [3.63, 3.8) is 0 Å². The molecule has 0 atom stereocenters. The van der Waals surface area contributed by atoms with E-state index in [1.54, 1.807) is 7.11 Å². The fourth-order valence-corrected chi connectivity index (χ4v) is 2.43. The molecule has 0 spiro atoms. The molecule has 16 heavy (non-hydrogen) atoms. The monoisotopic (exact) mass is 243 g/mol. The molecule has 5 nitrogen and oxygen atoms in total. The molecule has 0 aliphatic heterocycles. The van der Waals surface area contributed by atoms with Crippen LogP contribution in [0.1, 0.15) is 41.1 Å². The molecule has 0 aromatic carbocycles. The van der Waals surface area contributed by atoms with Gasteiger partial charge in [-0.3, -0.25) is 10.2 Å². The van der Waals surface area contributed by atoms with E-state index in [9.17, 15) is 4.79 Å². The highest BCUT2D eigenvalue weighted by molar-refractivity contribution is 7.13. The van der Waals surface area contributed by atoms with Gasteiger partial charge >= 0.3 is 0 Å². The zero-order valence-corrected chi connectivity index (χ0v) is 10.8. The van der Waals surface area contributed by atoms with Crippen molar-refractivity contribution in [2.45, 2.75) is 32.8 Å². The number of methoxy groups -OCH3 is 1. The molecule has 1 heterocycles. The second kappa shape index (κ2) is 4.90. The number of thiazole rings is 1. The molecule has 0 bridgehead atoms. The molecule has 0 saturated carbocycles. The quantitative estimate of drug-likeness (QED) is 0.475. The Kier molecular flexibility index (Phi) is 4.01. The van der Waals surface area contributed by atoms with E-state index in [1.165, 1.54) is 11.3 Å². The number of carbonyl (C=O) groups excluding carboxylic acids is 1. The summed E-state index contributed by atoms with van der Waals surface area (Å²) >= 11 is 1.32. The Bertz CT molecular complexity index is 382. The predicted octanol–water partition coefficient (Wildman–Crippen LogP) is 1.19. The molecule has 0 unspecified atom stereocenters. The first kappa shape index (κ1) is 13.1. The van der Waals surface area contributed by atoms with Crippen molar-refractivity contribution in [3.8, 4) is 0 Å². The standard InChI is InChI=1S/C10H17N3O2S/c1-10(2,3)8-7(9(14)13-11)16-6(12-8)5-15-4/h5,11H2,1-4H3,(H,13,14). The van der Waals surface area contributed by atoms with Gasteiger partial charge < -0.3 is 4.74 Å². The van der Waals surface area contributed by atoms with Gasteiger partial charge in [0.2, 0.25) is 0 Å². The topological polar surface area (TPSA) is 77.2 Å². The van der Waals surface area contributed by atoms with E-state index in [4.69, 9.17) is 10.6 Å². The molecule has 1 aromatic heterocycles. The summed E-state index contributed by atoms with van der Waals surface area (Å²) < 4.78 is 5.01. The molecule has 0 radical (unpaired) electrons. The van der Waals surface area contributed by atoms with Crippen LogP contribution in [-0.2, 0) is 16.8 Å². The van der Waals surface area contributed by atoms with Crippen LogP contribution in [0.15, 0.2) is 0 Å². The van der Waals surface area contributed by atoms with E-state index in [1.807, 2.05) is 20.8 Å². The number of carbonyl (C=O) groups is 1. The van der Waals surface area contributed by atoms with Gasteiger partial charge in [-0.1, -0.05) is 20.8 Å². The molecule has 90 valence electrons. The molecule has 0 aliphatic rings. The van der Waals surface area contributed by atoms with Crippen LogP contribution in [0.2, 0.25) is 0 Å². The number of rotatable bonds is 3. The van der Waals surface area contributed by atoms with Crippen molar-refractivity contribution in [1.29, 1.82) is 0 Å². The minimum atomic E-state index is -0.301. The van der Waals surface area contributed by atoms with E-state index in [0.717, 1.165) is 10.7 Å². The minimum absolute atomic E-state index is 0.190. The second-order valence-electron chi connectivity index (χ2n) is 4.44. The number of hydrazine groups is 1. The highest BCUT2D eigenvalue weighted by Crippen LogP contribution is 2.29. The van der Waals surface area contributed by atoms with Crippen molar-refractivity contribution in [2.24, 2.45) is 5.84 Å². The molecular formula is C10H17N3O2S. The van der Waals surface area contributed by atoms with Crippen LogP contribution in [0, 0.1) is 0 Å². The smallest absolute Gasteiger partial charge is 0.277 e. The highest BCUT2D eigenvalue weighted by Gasteiger charge is 2.26. The summed E-state index contributed by atoms with van der Waals surface area (Å²) in [6, 6.07) is 0. The maximum absolute atomic E-state index is 11.6. The number of ether oxygens (including phenoxy) is 1. The predicted molar refractivity (Wildman–Crippen MR) is 63.2 cm³/mol. The van der Waals surface area contributed by atoms with Crippen LogP contribution >= 0.6 is 11.3 Å². The lowest BCUT2D eigenvalue weighted by atomic mass is 9.91. The van der Waals surface area contributed by atoms with Crippen LogP contribution < -0.4 is 11.3 Å². The molecule has 1 amide bonds. The average Bonchev–Trinajstić information content (AvgIpc) is 2.61. The van der Waals surface area contributed by atoms with Crippen molar-refractivity contribution in [3.05, 3.63) is 15.6 Å². The van der Waals surface area contributed by atoms with E-state index in [2.05, 4.69) is 10.4 Å². The Balaban J connectivity index is 3.18. The third-order valence-corrected chi connectivity index (χ3v) is 3.01. The zero-order valence-electron chi connectivity index (χ0n) is 9.96. The number of amides is 1. The number of nitrogen functional groups attached to an aromatic ring is 1. The van der Waals surface area contributed by atoms with Gasteiger partial charge in [-0.2, -0.15) is 0 Å². The summed E-state index contributed by atoms with van der Waals surface area (Å²) in [6.45, 7) is 6.43. The van der Waals surface area contributed by atoms with Crippen LogP contribution in [0.5, 0.6) is 0 Å². The molecule has 0 aliphatic carbocycles. The minimum Gasteiger partial charge on any atom is -0.378 e. The number of hydrogen-bond donors (Lipinski definition) is 2. The van der Waals surface area contributed by atoms with Gasteiger partial charge in [0.15, 0.2) is 0 Å². The third-order valence-electron chi connectivity index (χ3n) is 1.99. The van der Waals surface area contributed by atoms with Gasteiger partial charge in [0, 0.05) is 12.5 Å². The van der Waals surface area contributed by atoms with E-state index in [-0.39, 0.29) is 11.3 Å². The Labute approximate surface area is 99.0 Å². The zero-order chi connectivity index (χ0) is 12.3. The summed E-state index contributed by atoms with van der Waals surface area (Å²) in [4.78, 5) is 16.6. The lowest BCUT2D eigenvalue weighted by Gasteiger charge is -2.16. The molecule has 6 heteroatoms. The van der Waals surface area contributed by atoms with E-state index in [0.29, 0.717) is 11.5 Å². The maximum Gasteiger partial charge on any atom is 0.277 e. The number of nitrogens with zero attached hydrogens (tertiary/aromatic N) is 1. The van der Waals surface area contributed by atoms with Crippen LogP contribution in [-0.4, -0.2) is 18.0 Å². The Morgan fingerprint density at radius 3 is 2.62 bits per heavy atom. The van der Waals surface area contributed by atoms with Gasteiger partial charge in [0.05, 0.1) is 12.3 Å². The first-order valence-corrected chi connectivity index (χ1v) is 5.72. The normalized spacial score (nSPS) is 11.6. The summed E-state index contributed by atoms with van der Waals surface area (Å²) in [6.07, 6.45) is 0. The average molecular weight is 243 g/mol. The first-order valence-electron chi connectivity index (χ1n) is 4.90. The number of hydrogen-bond acceptors (Lipinski definition) is 5. The second-order valence-corrected chi connectivity index (χ2v) is 5.53. The van der Waals surface area contributed by atoms with Crippen LogP contribution in [0.25, 0.3) is 0 Å². The fourth-order valence-electron chi connectivity index (χ4n) is 1.28.